The predicted octanol–water partition coefficient (Wildman–Crippen LogP) is 3.79. The van der Waals surface area contributed by atoms with Gasteiger partial charge in [0.25, 0.3) is 0 Å². The average Bonchev–Trinajstić information content (AvgIpc) is 2.75. The van der Waals surface area contributed by atoms with Crippen LogP contribution < -0.4 is 20.7 Å². The van der Waals surface area contributed by atoms with Gasteiger partial charge in [0.05, 0.1) is 29.4 Å². The Morgan fingerprint density at radius 3 is 2.83 bits per heavy atom. The van der Waals surface area contributed by atoms with Crippen LogP contribution in [0.25, 0.3) is 10.9 Å². The Morgan fingerprint density at radius 2 is 2.10 bits per heavy atom. The molecule has 0 radical (unpaired) electrons. The van der Waals surface area contributed by atoms with Gasteiger partial charge in [-0.2, -0.15) is 0 Å². The summed E-state index contributed by atoms with van der Waals surface area (Å²) in [7, 11) is 1.55. The fourth-order valence-corrected chi connectivity index (χ4v) is 3.19. The van der Waals surface area contributed by atoms with E-state index in [9.17, 15) is 9.18 Å². The van der Waals surface area contributed by atoms with E-state index >= 15 is 0 Å². The molecule has 0 saturated carbocycles. The molecule has 3 N–H and O–H groups in total. The largest absolute Gasteiger partial charge is 0.496 e. The van der Waals surface area contributed by atoms with Gasteiger partial charge in [-0.3, -0.25) is 4.79 Å². The van der Waals surface area contributed by atoms with Crippen molar-refractivity contribution in [2.75, 3.05) is 19.0 Å². The minimum absolute atomic E-state index is 0.0123. The number of halogens is 2. The smallest absolute Gasteiger partial charge is 0.237 e. The first kappa shape index (κ1) is 21.7. The number of ether oxygens (including phenoxy) is 1. The third kappa shape index (κ3) is 4.77. The first-order chi connectivity index (χ1) is 14.4. The molecule has 7 nitrogen and oxygen atoms in total. The van der Waals surface area contributed by atoms with Gasteiger partial charge in [-0.05, 0) is 31.7 Å². The first-order valence-corrected chi connectivity index (χ1v) is 9.86. The number of nitrogens with one attached hydrogen (secondary N) is 3. The Hall–Kier alpha value is -2.97. The van der Waals surface area contributed by atoms with E-state index < -0.39 is 5.82 Å². The van der Waals surface area contributed by atoms with Crippen LogP contribution in [-0.2, 0) is 11.3 Å². The number of hydrogen-bond donors (Lipinski definition) is 3. The van der Waals surface area contributed by atoms with Crippen LogP contribution in [0.5, 0.6) is 5.75 Å². The molecule has 0 aliphatic heterocycles. The summed E-state index contributed by atoms with van der Waals surface area (Å²) in [6.07, 6.45) is 1.38. The van der Waals surface area contributed by atoms with Crippen molar-refractivity contribution in [2.24, 2.45) is 0 Å². The molecule has 0 aliphatic carbocycles. The van der Waals surface area contributed by atoms with Gasteiger partial charge in [0.2, 0.25) is 5.91 Å². The highest BCUT2D eigenvalue weighted by Gasteiger charge is 2.15. The second-order valence-electron chi connectivity index (χ2n) is 6.63. The van der Waals surface area contributed by atoms with Gasteiger partial charge < -0.3 is 20.7 Å². The number of benzene rings is 2. The summed E-state index contributed by atoms with van der Waals surface area (Å²) in [4.78, 5) is 20.8. The summed E-state index contributed by atoms with van der Waals surface area (Å²) in [5.41, 5.74) is 1.56. The van der Waals surface area contributed by atoms with Crippen molar-refractivity contribution < 1.29 is 13.9 Å². The third-order valence-corrected chi connectivity index (χ3v) is 4.89. The Balaban J connectivity index is 1.94. The molecule has 0 spiro atoms. The van der Waals surface area contributed by atoms with E-state index in [0.29, 0.717) is 29.0 Å². The fourth-order valence-electron chi connectivity index (χ4n) is 3.02. The molecule has 2 aromatic carbocycles. The predicted molar refractivity (Wildman–Crippen MR) is 116 cm³/mol. The minimum atomic E-state index is -0.565. The number of rotatable bonds is 8. The van der Waals surface area contributed by atoms with Crippen LogP contribution in [0, 0.1) is 5.82 Å². The van der Waals surface area contributed by atoms with Crippen molar-refractivity contribution in [1.82, 2.24) is 20.6 Å². The Labute approximate surface area is 179 Å². The first-order valence-electron chi connectivity index (χ1n) is 9.48. The normalized spacial score (nSPS) is 11.9. The van der Waals surface area contributed by atoms with E-state index in [4.69, 9.17) is 16.3 Å². The summed E-state index contributed by atoms with van der Waals surface area (Å²) < 4.78 is 19.8. The van der Waals surface area contributed by atoms with Crippen molar-refractivity contribution in [1.29, 1.82) is 0 Å². The molecule has 0 bridgehead atoms. The summed E-state index contributed by atoms with van der Waals surface area (Å²) in [5, 5.41) is 9.59. The van der Waals surface area contributed by atoms with Gasteiger partial charge in [-0.1, -0.05) is 24.6 Å². The standard InChI is InChI=1S/C21H23ClFN5O2/c1-4-24-12(2)21(29)25-10-13-8-14-17(9-18(13)30-3)26-11-27-20(14)28-16-7-5-6-15(22)19(16)23/h5-9,11-12,24H,4,10H2,1-3H3,(H,25,29)(H,26,27,28)/t12-/m1/s1. The highest BCUT2D eigenvalue weighted by Crippen LogP contribution is 2.31. The molecule has 158 valence electrons. The van der Waals surface area contributed by atoms with E-state index in [-0.39, 0.29) is 29.2 Å². The fraction of sp³-hybridized carbons (Fsp3) is 0.286. The van der Waals surface area contributed by atoms with Crippen molar-refractivity contribution in [3.05, 3.63) is 53.1 Å². The lowest BCUT2D eigenvalue weighted by Crippen LogP contribution is -2.41. The number of methoxy groups -OCH3 is 1. The summed E-state index contributed by atoms with van der Waals surface area (Å²) >= 11 is 5.87. The molecule has 30 heavy (non-hydrogen) atoms. The molecule has 1 atom stereocenters. The maximum absolute atomic E-state index is 14.3. The lowest BCUT2D eigenvalue weighted by Gasteiger charge is -2.16. The minimum Gasteiger partial charge on any atom is -0.496 e. The van der Waals surface area contributed by atoms with Crippen molar-refractivity contribution in [3.8, 4) is 5.75 Å². The number of anilines is 2. The SMILES string of the molecule is CCN[C@H](C)C(=O)NCc1cc2c(Nc3cccc(Cl)c3F)ncnc2cc1OC. The van der Waals surface area contributed by atoms with Gasteiger partial charge in [-0.15, -0.1) is 0 Å². The zero-order valence-electron chi connectivity index (χ0n) is 16.9. The molecule has 1 aromatic heterocycles. The molecule has 0 unspecified atom stereocenters. The molecule has 3 rings (SSSR count). The van der Waals surface area contributed by atoms with Crippen LogP contribution >= 0.6 is 11.6 Å². The monoisotopic (exact) mass is 431 g/mol. The van der Waals surface area contributed by atoms with Gasteiger partial charge in [0, 0.05) is 23.6 Å². The zero-order chi connectivity index (χ0) is 21.7. The Morgan fingerprint density at radius 1 is 1.30 bits per heavy atom. The molecule has 3 aromatic rings. The van der Waals surface area contributed by atoms with E-state index in [2.05, 4.69) is 25.9 Å². The van der Waals surface area contributed by atoms with Gasteiger partial charge >= 0.3 is 0 Å². The van der Waals surface area contributed by atoms with Crippen LogP contribution in [0.1, 0.15) is 19.4 Å². The molecule has 1 heterocycles. The molecule has 0 aliphatic rings. The van der Waals surface area contributed by atoms with Crippen LogP contribution in [0.4, 0.5) is 15.9 Å². The third-order valence-electron chi connectivity index (χ3n) is 4.60. The van der Waals surface area contributed by atoms with Crippen LogP contribution in [0.2, 0.25) is 5.02 Å². The van der Waals surface area contributed by atoms with Crippen molar-refractivity contribution in [2.45, 2.75) is 26.4 Å². The molecular weight excluding hydrogens is 409 g/mol. The van der Waals surface area contributed by atoms with Gasteiger partial charge in [0.15, 0.2) is 5.82 Å². The molecular formula is C21H23ClFN5O2. The van der Waals surface area contributed by atoms with E-state index in [0.717, 1.165) is 5.56 Å². The van der Waals surface area contributed by atoms with Crippen LogP contribution in [-0.4, -0.2) is 35.6 Å². The second-order valence-corrected chi connectivity index (χ2v) is 7.03. The quantitative estimate of drug-likeness (QED) is 0.503. The number of carbonyl (C=O) groups excluding carboxylic acids is 1. The molecule has 0 saturated heterocycles. The number of amides is 1. The summed E-state index contributed by atoms with van der Waals surface area (Å²) in [5.74, 6) is 0.307. The summed E-state index contributed by atoms with van der Waals surface area (Å²) in [6.45, 7) is 4.69. The maximum Gasteiger partial charge on any atom is 0.237 e. The van der Waals surface area contributed by atoms with Crippen molar-refractivity contribution in [3.63, 3.8) is 0 Å². The number of likely N-dealkylation sites (N-methyl/N-ethyl adjacent to an activating group) is 1. The topological polar surface area (TPSA) is 88.2 Å². The highest BCUT2D eigenvalue weighted by atomic mass is 35.5. The number of carbonyl (C=O) groups is 1. The second kappa shape index (κ2) is 9.69. The Bertz CT molecular complexity index is 1060. The number of fused-ring (bicyclic) bond motifs is 1. The molecule has 9 heteroatoms. The van der Waals surface area contributed by atoms with E-state index in [1.54, 1.807) is 32.2 Å². The molecule has 1 amide bonds. The van der Waals surface area contributed by atoms with E-state index in [1.807, 2.05) is 13.0 Å². The average molecular weight is 432 g/mol. The lowest BCUT2D eigenvalue weighted by atomic mass is 10.1. The number of nitrogens with zero attached hydrogens (tertiary/aromatic N) is 2. The zero-order valence-corrected chi connectivity index (χ0v) is 17.7. The van der Waals surface area contributed by atoms with Gasteiger partial charge in [0.1, 0.15) is 17.9 Å². The maximum atomic E-state index is 14.3. The van der Waals surface area contributed by atoms with Crippen molar-refractivity contribution >= 4 is 39.9 Å². The Kier molecular flexibility index (Phi) is 7.02. The van der Waals surface area contributed by atoms with Gasteiger partial charge in [-0.25, -0.2) is 14.4 Å². The van der Waals surface area contributed by atoms with Crippen LogP contribution in [0.3, 0.4) is 0 Å². The van der Waals surface area contributed by atoms with E-state index in [1.165, 1.54) is 12.4 Å². The molecule has 0 fully saturated rings. The highest BCUT2D eigenvalue weighted by molar-refractivity contribution is 6.31. The number of aromatic nitrogens is 2. The van der Waals surface area contributed by atoms with Crippen LogP contribution in [0.15, 0.2) is 36.7 Å². The number of hydrogen-bond acceptors (Lipinski definition) is 6. The lowest BCUT2D eigenvalue weighted by molar-refractivity contribution is -0.122. The summed E-state index contributed by atoms with van der Waals surface area (Å²) in [6, 6.07) is 7.95.